The van der Waals surface area contributed by atoms with Crippen LogP contribution in [0.15, 0.2) is 48.7 Å². The molecule has 2 aliphatic rings. The van der Waals surface area contributed by atoms with E-state index in [0.29, 0.717) is 37.0 Å². The molecule has 6 heteroatoms. The summed E-state index contributed by atoms with van der Waals surface area (Å²) < 4.78 is 5.97. The van der Waals surface area contributed by atoms with Crippen molar-refractivity contribution in [3.05, 3.63) is 54.2 Å². The van der Waals surface area contributed by atoms with Crippen molar-refractivity contribution in [1.82, 2.24) is 10.3 Å². The van der Waals surface area contributed by atoms with Crippen molar-refractivity contribution in [2.45, 2.75) is 63.5 Å². The number of anilines is 1. The molecule has 6 nitrogen and oxygen atoms in total. The molecule has 0 radical (unpaired) electrons. The zero-order valence-corrected chi connectivity index (χ0v) is 17.3. The molecular formula is C24H29N3O3. The molecule has 2 aromatic rings. The lowest BCUT2D eigenvalue weighted by Gasteiger charge is -2.33. The molecule has 1 aromatic heterocycles. The number of fused-ring (bicyclic) bond motifs is 1. The van der Waals surface area contributed by atoms with Crippen LogP contribution in [-0.4, -0.2) is 29.4 Å². The van der Waals surface area contributed by atoms with Crippen molar-refractivity contribution >= 4 is 17.6 Å². The number of amides is 2. The maximum absolute atomic E-state index is 13.2. The molecule has 0 saturated heterocycles. The zero-order chi connectivity index (χ0) is 20.8. The molecule has 0 bridgehead atoms. The van der Waals surface area contributed by atoms with Crippen LogP contribution in [0.5, 0.6) is 5.75 Å². The van der Waals surface area contributed by atoms with E-state index in [9.17, 15) is 9.59 Å². The Morgan fingerprint density at radius 3 is 2.60 bits per heavy atom. The van der Waals surface area contributed by atoms with Crippen molar-refractivity contribution < 1.29 is 14.3 Å². The number of hydrogen-bond donors (Lipinski definition) is 1. The van der Waals surface area contributed by atoms with Gasteiger partial charge in [-0.05, 0) is 31.4 Å². The molecule has 1 aromatic carbocycles. The summed E-state index contributed by atoms with van der Waals surface area (Å²) >= 11 is 0. The standard InChI is InChI=1S/C24H29N3O3/c28-21(26-19-12-6-1-2-7-13-19)15-9-17-27-23-20(14-8-16-25-23)30-22(24(27)29)18-10-4-3-5-11-18/h3-5,8,10-11,14,16,19,22H,1-2,6-7,9,12-13,15,17H2,(H,26,28). The lowest BCUT2D eigenvalue weighted by molar-refractivity contribution is -0.127. The molecule has 1 atom stereocenters. The van der Waals surface area contributed by atoms with Crippen molar-refractivity contribution in [3.63, 3.8) is 0 Å². The molecule has 1 aliphatic carbocycles. The second kappa shape index (κ2) is 9.74. The van der Waals surface area contributed by atoms with Crippen LogP contribution in [0.25, 0.3) is 0 Å². The van der Waals surface area contributed by atoms with Gasteiger partial charge >= 0.3 is 0 Å². The van der Waals surface area contributed by atoms with E-state index in [1.807, 2.05) is 36.4 Å². The summed E-state index contributed by atoms with van der Waals surface area (Å²) in [7, 11) is 0. The summed E-state index contributed by atoms with van der Waals surface area (Å²) in [5, 5.41) is 3.18. The first-order valence-corrected chi connectivity index (χ1v) is 11.0. The number of rotatable bonds is 6. The van der Waals surface area contributed by atoms with Crippen LogP contribution in [0.1, 0.15) is 63.0 Å². The first kappa shape index (κ1) is 20.4. The monoisotopic (exact) mass is 407 g/mol. The molecule has 1 saturated carbocycles. The van der Waals surface area contributed by atoms with Crippen molar-refractivity contribution in [3.8, 4) is 5.75 Å². The lowest BCUT2D eigenvalue weighted by Crippen LogP contribution is -2.42. The fourth-order valence-electron chi connectivity index (χ4n) is 4.28. The highest BCUT2D eigenvalue weighted by Crippen LogP contribution is 2.37. The van der Waals surface area contributed by atoms with Gasteiger partial charge in [-0.2, -0.15) is 0 Å². The number of nitrogens with zero attached hydrogens (tertiary/aromatic N) is 2. The molecule has 1 N–H and O–H groups in total. The van der Waals surface area contributed by atoms with E-state index >= 15 is 0 Å². The number of carbonyl (C=O) groups is 2. The number of carbonyl (C=O) groups excluding carboxylic acids is 2. The van der Waals surface area contributed by atoms with Gasteiger partial charge in [0.2, 0.25) is 12.0 Å². The third-order valence-electron chi connectivity index (χ3n) is 5.85. The largest absolute Gasteiger partial charge is 0.472 e. The normalized spacial score (nSPS) is 19.5. The molecule has 1 unspecified atom stereocenters. The molecule has 2 amide bonds. The van der Waals surface area contributed by atoms with E-state index in [4.69, 9.17) is 4.74 Å². The Kier molecular flexibility index (Phi) is 6.62. The first-order chi connectivity index (χ1) is 14.7. The van der Waals surface area contributed by atoms with E-state index in [2.05, 4.69) is 10.3 Å². The van der Waals surface area contributed by atoms with Gasteiger partial charge in [-0.25, -0.2) is 4.98 Å². The van der Waals surface area contributed by atoms with Crippen molar-refractivity contribution in [2.75, 3.05) is 11.4 Å². The zero-order valence-electron chi connectivity index (χ0n) is 17.3. The van der Waals surface area contributed by atoms with Gasteiger partial charge in [0.1, 0.15) is 0 Å². The summed E-state index contributed by atoms with van der Waals surface area (Å²) in [4.78, 5) is 31.6. The van der Waals surface area contributed by atoms with Gasteiger partial charge in [0.25, 0.3) is 5.91 Å². The fourth-order valence-corrected chi connectivity index (χ4v) is 4.28. The smallest absolute Gasteiger partial charge is 0.274 e. The first-order valence-electron chi connectivity index (χ1n) is 11.0. The number of nitrogens with one attached hydrogen (secondary N) is 1. The summed E-state index contributed by atoms with van der Waals surface area (Å²) in [6, 6.07) is 13.4. The molecule has 4 rings (SSSR count). The third kappa shape index (κ3) is 4.81. The number of ether oxygens (including phenoxy) is 1. The minimum atomic E-state index is -0.692. The van der Waals surface area contributed by atoms with E-state index in [1.165, 1.54) is 25.7 Å². The second-order valence-corrected chi connectivity index (χ2v) is 8.08. The highest BCUT2D eigenvalue weighted by atomic mass is 16.5. The van der Waals surface area contributed by atoms with Crippen LogP contribution in [0, 0.1) is 0 Å². The Morgan fingerprint density at radius 1 is 1.07 bits per heavy atom. The van der Waals surface area contributed by atoms with Crippen LogP contribution in [0.4, 0.5) is 5.82 Å². The van der Waals surface area contributed by atoms with E-state index in [0.717, 1.165) is 18.4 Å². The Morgan fingerprint density at radius 2 is 1.83 bits per heavy atom. The van der Waals surface area contributed by atoms with Crippen LogP contribution >= 0.6 is 0 Å². The van der Waals surface area contributed by atoms with Gasteiger partial charge in [-0.15, -0.1) is 0 Å². The van der Waals surface area contributed by atoms with Crippen LogP contribution in [0.3, 0.4) is 0 Å². The Bertz CT molecular complexity index is 863. The van der Waals surface area contributed by atoms with E-state index in [1.54, 1.807) is 17.2 Å². The number of hydrogen-bond acceptors (Lipinski definition) is 4. The van der Waals surface area contributed by atoms with Gasteiger partial charge in [0.15, 0.2) is 11.6 Å². The topological polar surface area (TPSA) is 71.5 Å². The second-order valence-electron chi connectivity index (χ2n) is 8.08. The molecule has 30 heavy (non-hydrogen) atoms. The van der Waals surface area contributed by atoms with Crippen molar-refractivity contribution in [1.29, 1.82) is 0 Å². The highest BCUT2D eigenvalue weighted by molar-refractivity contribution is 5.99. The number of benzene rings is 1. The van der Waals surface area contributed by atoms with Gasteiger partial charge in [0, 0.05) is 30.8 Å². The van der Waals surface area contributed by atoms with E-state index < -0.39 is 6.10 Å². The van der Waals surface area contributed by atoms with Crippen molar-refractivity contribution in [2.24, 2.45) is 0 Å². The van der Waals surface area contributed by atoms with Crippen LogP contribution in [-0.2, 0) is 9.59 Å². The quantitative estimate of drug-likeness (QED) is 0.730. The summed E-state index contributed by atoms with van der Waals surface area (Å²) in [6.07, 6.45) is 9.01. The Labute approximate surface area is 177 Å². The molecule has 2 heterocycles. The maximum Gasteiger partial charge on any atom is 0.274 e. The van der Waals surface area contributed by atoms with Gasteiger partial charge in [-0.1, -0.05) is 56.0 Å². The lowest BCUT2D eigenvalue weighted by atomic mass is 10.1. The molecule has 1 aliphatic heterocycles. The molecule has 1 fully saturated rings. The van der Waals surface area contributed by atoms with Gasteiger partial charge in [0.05, 0.1) is 0 Å². The minimum Gasteiger partial charge on any atom is -0.472 e. The SMILES string of the molecule is O=C(CCCN1C(=O)C(c2ccccc2)Oc2cccnc21)NC1CCCCCC1. The summed E-state index contributed by atoms with van der Waals surface area (Å²) in [6.45, 7) is 0.438. The fraction of sp³-hybridized carbons (Fsp3) is 0.458. The Balaban J connectivity index is 1.39. The molecular weight excluding hydrogens is 378 g/mol. The van der Waals surface area contributed by atoms with Crippen LogP contribution < -0.4 is 15.0 Å². The number of aromatic nitrogens is 1. The maximum atomic E-state index is 13.2. The Hall–Kier alpha value is -2.89. The van der Waals surface area contributed by atoms with E-state index in [-0.39, 0.29) is 11.8 Å². The summed E-state index contributed by atoms with van der Waals surface area (Å²) in [5.41, 5.74) is 0.813. The predicted octanol–water partition coefficient (Wildman–Crippen LogP) is 4.17. The van der Waals surface area contributed by atoms with Crippen LogP contribution in [0.2, 0.25) is 0 Å². The third-order valence-corrected chi connectivity index (χ3v) is 5.85. The average Bonchev–Trinajstić information content (AvgIpc) is 3.04. The number of pyridine rings is 1. The highest BCUT2D eigenvalue weighted by Gasteiger charge is 2.36. The predicted molar refractivity (Wildman–Crippen MR) is 115 cm³/mol. The minimum absolute atomic E-state index is 0.0727. The molecule has 0 spiro atoms. The van der Waals surface area contributed by atoms with Gasteiger partial charge in [-0.3, -0.25) is 14.5 Å². The van der Waals surface area contributed by atoms with Gasteiger partial charge < -0.3 is 10.1 Å². The average molecular weight is 408 g/mol. The molecule has 158 valence electrons. The summed E-state index contributed by atoms with van der Waals surface area (Å²) in [5.74, 6) is 1.05.